The van der Waals surface area contributed by atoms with Gasteiger partial charge >= 0.3 is 0 Å². The molecule has 0 amide bonds. The smallest absolute Gasteiger partial charge is 0.146 e. The number of benzene rings is 1. The molecule has 1 aromatic carbocycles. The third kappa shape index (κ3) is 2.50. The standard InChI is InChI=1S/C14H17NO2/c1-10-4-3-5-13(11(10)2)17-9-14-12(8-15)6-7-16-14/h3-7H,8-9,15H2,1-2H3. The fourth-order valence-electron chi connectivity index (χ4n) is 1.70. The molecule has 2 rings (SSSR count). The predicted molar refractivity (Wildman–Crippen MR) is 66.8 cm³/mol. The lowest BCUT2D eigenvalue weighted by Gasteiger charge is -2.10. The molecule has 0 spiro atoms. The van der Waals surface area contributed by atoms with Crippen molar-refractivity contribution in [2.45, 2.75) is 27.0 Å². The first kappa shape index (κ1) is 11.7. The number of hydrogen-bond acceptors (Lipinski definition) is 3. The van der Waals surface area contributed by atoms with Crippen LogP contribution in [0.5, 0.6) is 5.75 Å². The maximum atomic E-state index is 5.76. The number of rotatable bonds is 4. The number of nitrogens with two attached hydrogens (primary N) is 1. The zero-order valence-electron chi connectivity index (χ0n) is 10.2. The molecule has 2 N–H and O–H groups in total. The molecule has 90 valence electrons. The highest BCUT2D eigenvalue weighted by molar-refractivity contribution is 5.38. The second kappa shape index (κ2) is 5.06. The summed E-state index contributed by atoms with van der Waals surface area (Å²) in [4.78, 5) is 0. The molecule has 1 heterocycles. The topological polar surface area (TPSA) is 48.4 Å². The molecule has 0 saturated heterocycles. The van der Waals surface area contributed by atoms with Gasteiger partial charge in [0.2, 0.25) is 0 Å². The van der Waals surface area contributed by atoms with E-state index in [-0.39, 0.29) is 0 Å². The predicted octanol–water partition coefficient (Wildman–Crippen LogP) is 2.93. The number of hydrogen-bond donors (Lipinski definition) is 1. The van der Waals surface area contributed by atoms with Gasteiger partial charge in [0.1, 0.15) is 18.1 Å². The van der Waals surface area contributed by atoms with E-state index in [0.717, 1.165) is 22.6 Å². The largest absolute Gasteiger partial charge is 0.485 e. The third-order valence-electron chi connectivity index (χ3n) is 2.97. The monoisotopic (exact) mass is 231 g/mol. The molecular formula is C14H17NO2. The van der Waals surface area contributed by atoms with Crippen LogP contribution in [0.1, 0.15) is 22.5 Å². The summed E-state index contributed by atoms with van der Waals surface area (Å²) in [5, 5.41) is 0. The first-order valence-electron chi connectivity index (χ1n) is 5.66. The average molecular weight is 231 g/mol. The van der Waals surface area contributed by atoms with E-state index < -0.39 is 0 Å². The summed E-state index contributed by atoms with van der Waals surface area (Å²) in [6.45, 7) is 5.02. The highest BCUT2D eigenvalue weighted by atomic mass is 16.5. The van der Waals surface area contributed by atoms with Gasteiger partial charge in [-0.1, -0.05) is 12.1 Å². The Bertz CT molecular complexity index is 503. The van der Waals surface area contributed by atoms with Crippen molar-refractivity contribution < 1.29 is 9.15 Å². The van der Waals surface area contributed by atoms with Crippen molar-refractivity contribution >= 4 is 0 Å². The summed E-state index contributed by atoms with van der Waals surface area (Å²) in [5.74, 6) is 1.69. The summed E-state index contributed by atoms with van der Waals surface area (Å²) in [6.07, 6.45) is 1.64. The van der Waals surface area contributed by atoms with E-state index in [1.54, 1.807) is 6.26 Å². The van der Waals surface area contributed by atoms with Gasteiger partial charge in [0, 0.05) is 12.1 Å². The second-order valence-electron chi connectivity index (χ2n) is 4.06. The summed E-state index contributed by atoms with van der Waals surface area (Å²) >= 11 is 0. The molecular weight excluding hydrogens is 214 g/mol. The minimum Gasteiger partial charge on any atom is -0.485 e. The molecule has 0 radical (unpaired) electrons. The molecule has 0 saturated carbocycles. The van der Waals surface area contributed by atoms with Crippen LogP contribution < -0.4 is 10.5 Å². The Morgan fingerprint density at radius 2 is 2.06 bits per heavy atom. The quantitative estimate of drug-likeness (QED) is 0.880. The van der Waals surface area contributed by atoms with Crippen LogP contribution in [0.4, 0.5) is 0 Å². The molecule has 1 aromatic heterocycles. The molecule has 2 aromatic rings. The maximum absolute atomic E-state index is 5.76. The van der Waals surface area contributed by atoms with Gasteiger partial charge in [-0.25, -0.2) is 0 Å². The maximum Gasteiger partial charge on any atom is 0.146 e. The molecule has 3 nitrogen and oxygen atoms in total. The highest BCUT2D eigenvalue weighted by Gasteiger charge is 2.07. The van der Waals surface area contributed by atoms with E-state index in [1.807, 2.05) is 18.2 Å². The molecule has 0 aliphatic heterocycles. The van der Waals surface area contributed by atoms with Crippen LogP contribution in [0.3, 0.4) is 0 Å². The molecule has 0 aliphatic carbocycles. The molecule has 0 fully saturated rings. The summed E-state index contributed by atoms with van der Waals surface area (Å²) < 4.78 is 11.1. The Labute approximate surface area is 101 Å². The van der Waals surface area contributed by atoms with Gasteiger partial charge in [-0.15, -0.1) is 0 Å². The minimum atomic E-state index is 0.420. The van der Waals surface area contributed by atoms with E-state index in [9.17, 15) is 0 Å². The Kier molecular flexibility index (Phi) is 3.49. The minimum absolute atomic E-state index is 0.420. The lowest BCUT2D eigenvalue weighted by molar-refractivity contribution is 0.267. The van der Waals surface area contributed by atoms with Crippen molar-refractivity contribution in [1.29, 1.82) is 0 Å². The second-order valence-corrected chi connectivity index (χ2v) is 4.06. The van der Waals surface area contributed by atoms with Gasteiger partial charge in [-0.05, 0) is 37.1 Å². The van der Waals surface area contributed by atoms with E-state index in [0.29, 0.717) is 13.2 Å². The van der Waals surface area contributed by atoms with Gasteiger partial charge in [0.15, 0.2) is 0 Å². The molecule has 3 heteroatoms. The Balaban J connectivity index is 2.10. The van der Waals surface area contributed by atoms with Gasteiger partial charge in [-0.2, -0.15) is 0 Å². The van der Waals surface area contributed by atoms with Crippen LogP contribution in [-0.2, 0) is 13.2 Å². The number of ether oxygens (including phenoxy) is 1. The molecule has 0 aliphatic rings. The van der Waals surface area contributed by atoms with Crippen LogP contribution in [0.25, 0.3) is 0 Å². The van der Waals surface area contributed by atoms with Crippen molar-refractivity contribution in [2.75, 3.05) is 0 Å². The van der Waals surface area contributed by atoms with Crippen molar-refractivity contribution in [3.05, 3.63) is 53.0 Å². The van der Waals surface area contributed by atoms with Crippen LogP contribution >= 0.6 is 0 Å². The van der Waals surface area contributed by atoms with E-state index in [4.69, 9.17) is 14.9 Å². The van der Waals surface area contributed by atoms with Crippen molar-refractivity contribution in [3.63, 3.8) is 0 Å². The Hall–Kier alpha value is -1.74. The van der Waals surface area contributed by atoms with Crippen molar-refractivity contribution in [2.24, 2.45) is 5.73 Å². The fourth-order valence-corrected chi connectivity index (χ4v) is 1.70. The first-order chi connectivity index (χ1) is 8.22. The zero-order valence-corrected chi connectivity index (χ0v) is 10.2. The highest BCUT2D eigenvalue weighted by Crippen LogP contribution is 2.22. The summed E-state index contributed by atoms with van der Waals surface area (Å²) in [6, 6.07) is 7.90. The van der Waals surface area contributed by atoms with Crippen LogP contribution in [0.2, 0.25) is 0 Å². The van der Waals surface area contributed by atoms with Crippen molar-refractivity contribution in [3.8, 4) is 5.75 Å². The number of aryl methyl sites for hydroxylation is 1. The lowest BCUT2D eigenvalue weighted by Crippen LogP contribution is -2.02. The zero-order chi connectivity index (χ0) is 12.3. The van der Waals surface area contributed by atoms with E-state index in [1.165, 1.54) is 5.56 Å². The van der Waals surface area contributed by atoms with Crippen LogP contribution in [0.15, 0.2) is 34.9 Å². The normalized spacial score (nSPS) is 10.5. The van der Waals surface area contributed by atoms with Gasteiger partial charge in [-0.3, -0.25) is 0 Å². The SMILES string of the molecule is Cc1cccc(OCc2occc2CN)c1C. The Morgan fingerprint density at radius 3 is 2.82 bits per heavy atom. The Morgan fingerprint density at radius 1 is 1.24 bits per heavy atom. The van der Waals surface area contributed by atoms with Gasteiger partial charge < -0.3 is 14.9 Å². The summed E-state index contributed by atoms with van der Waals surface area (Å²) in [5.41, 5.74) is 8.98. The van der Waals surface area contributed by atoms with Crippen molar-refractivity contribution in [1.82, 2.24) is 0 Å². The number of furan rings is 1. The van der Waals surface area contributed by atoms with E-state index >= 15 is 0 Å². The van der Waals surface area contributed by atoms with Crippen LogP contribution in [-0.4, -0.2) is 0 Å². The van der Waals surface area contributed by atoms with E-state index in [2.05, 4.69) is 19.9 Å². The third-order valence-corrected chi connectivity index (χ3v) is 2.97. The lowest BCUT2D eigenvalue weighted by atomic mass is 10.1. The molecule has 0 bridgehead atoms. The van der Waals surface area contributed by atoms with Crippen LogP contribution in [0, 0.1) is 13.8 Å². The fraction of sp³-hybridized carbons (Fsp3) is 0.286. The molecule has 0 unspecified atom stereocenters. The first-order valence-corrected chi connectivity index (χ1v) is 5.66. The van der Waals surface area contributed by atoms with Gasteiger partial charge in [0.05, 0.1) is 6.26 Å². The molecule has 0 atom stereocenters. The average Bonchev–Trinajstić information content (AvgIpc) is 2.78. The molecule has 17 heavy (non-hydrogen) atoms. The van der Waals surface area contributed by atoms with Gasteiger partial charge in [0.25, 0.3) is 0 Å². The summed E-state index contributed by atoms with van der Waals surface area (Å²) in [7, 11) is 0.